The smallest absolute Gasteiger partial charge is 0.442 e. The minimum absolute atomic E-state index is 0. The molecular formula is C109H162B3BrIN7O21. The third-order valence-electron chi connectivity index (χ3n) is 31.1. The lowest BCUT2D eigenvalue weighted by Crippen LogP contribution is -2.52. The first-order chi connectivity index (χ1) is 65.9. The molecule has 4 N–H and O–H groups in total. The number of aliphatic hydroxyl groups is 4. The minimum atomic E-state index is -0.501. The second-order valence-electron chi connectivity index (χ2n) is 43.0. The number of amides is 4. The van der Waals surface area contributed by atoms with E-state index in [0.29, 0.717) is 77.5 Å². The van der Waals surface area contributed by atoms with Crippen LogP contribution in [0.4, 0.5) is 19.2 Å². The molecule has 0 bridgehead atoms. The first kappa shape index (κ1) is 119. The molecule has 782 valence electrons. The number of rotatable bonds is 28. The van der Waals surface area contributed by atoms with Crippen molar-refractivity contribution < 1.29 is 86.5 Å². The highest BCUT2D eigenvalue weighted by Gasteiger charge is 2.64. The van der Waals surface area contributed by atoms with Gasteiger partial charge < -0.3 is 101 Å². The van der Waals surface area contributed by atoms with Crippen molar-refractivity contribution in [2.45, 2.75) is 331 Å². The van der Waals surface area contributed by atoms with E-state index in [9.17, 15) is 48.9 Å². The summed E-state index contributed by atoms with van der Waals surface area (Å²) in [4.78, 5) is 92.9. The minimum Gasteiger partial charge on any atom is -0.442 e. The third-order valence-corrected chi connectivity index (χ3v) is 32.3. The molecular weight excluding hydrogens is 1980 g/mol. The molecule has 10 heterocycles. The van der Waals surface area contributed by atoms with E-state index < -0.39 is 43.5 Å². The highest BCUT2D eigenvalue weighted by molar-refractivity contribution is 14.1. The van der Waals surface area contributed by atoms with Gasteiger partial charge in [0, 0.05) is 144 Å². The molecule has 0 saturated carbocycles. The van der Waals surface area contributed by atoms with E-state index in [1.807, 2.05) is 226 Å². The molecule has 7 saturated heterocycles. The standard InChI is InChI=1S/C24H38BNO5.2C24H32N2O4.C18H26BrNO3.C12H24B2O4.C6H6INO.CH4/c1-17(2)24(13-8-16-27)14-15-26(21(28)29-24)18(3)19-9-11-20(12-10-19)25-30-22(4,5)23(6,7)31-25;2*1-17(2)24(11-5-15-27)12-14-26(23(29)30-24)18(3)19-6-8-20(9-7-19)21-10-13-25(4)22(28)16-21;1-13(2)18(9-4-12-21)10-11-20(17(22)23-18)14(3)15-5-7-16(19)8-6-15;1-9(2)10(3,4)16-13(15-9)14-17-11(5,6)12(7,8)18-14;1-8-3-2-5(7)4-6(8)9;/h9-12,17-18,27H,8,13-16H2,1-7H3;2*6-10,13,16-18,27H,5,11-12,14-15H2,1-4H3;5-8,13-14,21H,4,9-12H2,1-3H3;1-8H3;2-4H,1H3;1H4/t18-,24?;18-,24+;18-,24-;14-,18?;;;/m0000.../s1. The first-order valence-electron chi connectivity index (χ1n) is 50.1. The topological polar surface area (TPSA) is 320 Å². The average molecular weight is 2150 g/mol. The fourth-order valence-electron chi connectivity index (χ4n) is 18.4. The van der Waals surface area contributed by atoms with Crippen LogP contribution in [-0.4, -0.2) is 208 Å². The molecule has 0 radical (unpaired) electrons. The summed E-state index contributed by atoms with van der Waals surface area (Å²) in [6.07, 6.45) is 12.6. The van der Waals surface area contributed by atoms with Crippen LogP contribution in [-0.2, 0) is 68.0 Å². The summed E-state index contributed by atoms with van der Waals surface area (Å²) in [5.74, 6) is 0.842. The molecule has 0 aliphatic carbocycles. The zero-order valence-electron chi connectivity index (χ0n) is 88.5. The van der Waals surface area contributed by atoms with Gasteiger partial charge in [-0.1, -0.05) is 164 Å². The summed E-state index contributed by atoms with van der Waals surface area (Å²) >= 11 is 5.54. The van der Waals surface area contributed by atoms with Crippen LogP contribution in [0.3, 0.4) is 0 Å². The Labute approximate surface area is 867 Å². The maximum absolute atomic E-state index is 12.9. The summed E-state index contributed by atoms with van der Waals surface area (Å²) in [6, 6.07) is 42.3. The van der Waals surface area contributed by atoms with Gasteiger partial charge in [-0.3, -0.25) is 14.4 Å². The summed E-state index contributed by atoms with van der Waals surface area (Å²) in [7, 11) is 3.84. The van der Waals surface area contributed by atoms with Crippen molar-refractivity contribution in [3.63, 3.8) is 0 Å². The number of nitrogens with zero attached hydrogens (tertiary/aromatic N) is 7. The van der Waals surface area contributed by atoms with Crippen LogP contribution in [0.25, 0.3) is 22.3 Å². The lowest BCUT2D eigenvalue weighted by Gasteiger charge is -2.45. The Kier molecular flexibility index (Phi) is 41.9. The lowest BCUT2D eigenvalue weighted by molar-refractivity contribution is -0.0898. The Hall–Kier alpha value is -8.19. The van der Waals surface area contributed by atoms with Crippen LogP contribution in [0.1, 0.15) is 297 Å². The highest BCUT2D eigenvalue weighted by atomic mass is 127. The molecule has 14 rings (SSSR count). The molecule has 0 spiro atoms. The van der Waals surface area contributed by atoms with E-state index in [-0.39, 0.29) is 156 Å². The Morgan fingerprint density at radius 1 is 0.331 bits per heavy atom. The maximum Gasteiger partial charge on any atom is 0.494 e. The molecule has 7 fully saturated rings. The van der Waals surface area contributed by atoms with Crippen molar-refractivity contribution in [3.05, 3.63) is 213 Å². The molecule has 7 aliphatic rings. The van der Waals surface area contributed by atoms with Gasteiger partial charge in [-0.05, 0) is 289 Å². The van der Waals surface area contributed by atoms with Gasteiger partial charge in [0.2, 0.25) is 0 Å². The van der Waals surface area contributed by atoms with E-state index in [1.165, 1.54) is 0 Å². The second-order valence-corrected chi connectivity index (χ2v) is 45.1. The summed E-state index contributed by atoms with van der Waals surface area (Å²) in [5.41, 5.74) is 4.66. The van der Waals surface area contributed by atoms with Gasteiger partial charge in [-0.25, -0.2) is 19.2 Å². The quantitative estimate of drug-likeness (QED) is 0.0201. The predicted octanol–water partition coefficient (Wildman–Crippen LogP) is 20.7. The number of hydrogen-bond donors (Lipinski definition) is 4. The van der Waals surface area contributed by atoms with Crippen molar-refractivity contribution >= 4 is 89.5 Å². The predicted molar refractivity (Wildman–Crippen MR) is 574 cm³/mol. The Morgan fingerprint density at radius 3 is 0.789 bits per heavy atom. The van der Waals surface area contributed by atoms with Gasteiger partial charge in [0.15, 0.2) is 0 Å². The van der Waals surface area contributed by atoms with Crippen LogP contribution < -0.4 is 22.1 Å². The average Bonchev–Trinajstić information content (AvgIpc) is 1.60. The van der Waals surface area contributed by atoms with Gasteiger partial charge in [0.05, 0.1) is 57.8 Å². The molecule has 28 nitrogen and oxygen atoms in total. The second kappa shape index (κ2) is 50.0. The number of hydrogen-bond acceptors (Lipinski definition) is 21. The van der Waals surface area contributed by atoms with Gasteiger partial charge >= 0.3 is 45.5 Å². The van der Waals surface area contributed by atoms with Gasteiger partial charge in [0.25, 0.3) is 16.7 Å². The highest BCUT2D eigenvalue weighted by Crippen LogP contribution is 2.47. The van der Waals surface area contributed by atoms with Crippen LogP contribution >= 0.6 is 38.5 Å². The Morgan fingerprint density at radius 2 is 0.563 bits per heavy atom. The largest absolute Gasteiger partial charge is 0.494 e. The lowest BCUT2D eigenvalue weighted by atomic mass is 9.49. The summed E-state index contributed by atoms with van der Waals surface area (Å²) < 4.78 is 66.5. The Bertz CT molecular complexity index is 5230. The number of halogens is 2. The monoisotopic (exact) mass is 2140 g/mol. The molecule has 142 heavy (non-hydrogen) atoms. The summed E-state index contributed by atoms with van der Waals surface area (Å²) in [6.45, 7) is 52.1. The van der Waals surface area contributed by atoms with Gasteiger partial charge in [-0.2, -0.15) is 0 Å². The number of aliphatic hydroxyl groups excluding tert-OH is 4. The molecule has 2 unspecified atom stereocenters. The number of ether oxygens (including phenoxy) is 4. The SMILES string of the molecule is C.CC(C)C1(CCCO)CCN([C@@H](C)c2ccc(B3OC(C)(C)C(C)(C)O3)cc2)C(=O)O1.CC(C)C1(CCCO)CCN([C@@H](C)c2ccc(Br)cc2)C(=O)O1.CC(C)[C@@]1(CCCO)CCN([C@@H](C)c2ccc(-c3ccn(C)c(=O)c3)cc2)C(=O)O1.CC(C)[C@]1(CCCO)CCN([C@@H](C)c2ccc(-c3ccn(C)c(=O)c3)cc2)C(=O)O1.CC1(C)OB(B2OC(C)(C)C(C)(C)O2)OC1(C)C.Cn1ccc(I)cc1=O. The van der Waals surface area contributed by atoms with E-state index >= 15 is 0 Å². The number of cyclic esters (lactones) is 4. The zero-order valence-corrected chi connectivity index (χ0v) is 92.3. The molecule has 4 aromatic carbocycles. The van der Waals surface area contributed by atoms with E-state index in [4.69, 9.17) is 52.0 Å². The Balaban J connectivity index is 0.000000214. The number of pyridine rings is 3. The fourth-order valence-corrected chi connectivity index (χ4v) is 19.1. The molecule has 3 aromatic heterocycles. The normalized spacial score (nSPS) is 22.7. The maximum atomic E-state index is 12.9. The van der Waals surface area contributed by atoms with Crippen molar-refractivity contribution in [1.82, 2.24) is 33.3 Å². The van der Waals surface area contributed by atoms with E-state index in [2.05, 4.69) is 93.9 Å². The third kappa shape index (κ3) is 28.8. The van der Waals surface area contributed by atoms with Crippen molar-refractivity contribution in [2.75, 3.05) is 52.6 Å². The van der Waals surface area contributed by atoms with E-state index in [0.717, 1.165) is 83.7 Å². The van der Waals surface area contributed by atoms with Crippen LogP contribution in [0, 0.1) is 27.2 Å². The van der Waals surface area contributed by atoms with Gasteiger partial charge in [0.1, 0.15) is 22.4 Å². The number of carbonyl (C=O) groups is 4. The number of benzene rings is 4. The van der Waals surface area contributed by atoms with E-state index in [1.54, 1.807) is 91.2 Å². The number of carbonyl (C=O) groups excluding carboxylic acids is 4. The molecule has 33 heteroatoms. The molecule has 4 amide bonds. The van der Waals surface area contributed by atoms with Crippen LogP contribution in [0.5, 0.6) is 0 Å². The fraction of sp³-hybridized carbons (Fsp3) is 0.606. The number of aryl methyl sites for hydroxylation is 3. The molecule has 8 atom stereocenters. The molecule has 7 aliphatic heterocycles. The molecule has 7 aromatic rings. The van der Waals surface area contributed by atoms with Crippen LogP contribution in [0.2, 0.25) is 0 Å². The summed E-state index contributed by atoms with van der Waals surface area (Å²) in [5, 5.41) is 36.8. The van der Waals surface area contributed by atoms with Crippen molar-refractivity contribution in [1.29, 1.82) is 0 Å². The van der Waals surface area contributed by atoms with Gasteiger partial charge in [-0.15, -0.1) is 0 Å². The van der Waals surface area contributed by atoms with Crippen molar-refractivity contribution in [2.24, 2.45) is 44.8 Å². The number of aromatic nitrogens is 3. The first-order valence-corrected chi connectivity index (χ1v) is 52.0. The zero-order chi connectivity index (χ0) is 105. The van der Waals surface area contributed by atoms with Crippen LogP contribution in [0.15, 0.2) is 171 Å². The van der Waals surface area contributed by atoms with Crippen molar-refractivity contribution in [3.8, 4) is 22.3 Å².